The molecule has 0 aliphatic carbocycles. The van der Waals surface area contributed by atoms with E-state index in [9.17, 15) is 0 Å². The van der Waals surface area contributed by atoms with Crippen LogP contribution in [0.1, 0.15) is 82.3 Å². The molecule has 0 N–H and O–H groups in total. The van der Waals surface area contributed by atoms with Gasteiger partial charge in [0.25, 0.3) is 0 Å². The normalized spacial score (nSPS) is 10.9. The number of aryl methyl sites for hydroxylation is 1. The molecule has 1 nitrogen and oxygen atoms in total. The topological polar surface area (TPSA) is 3.88 Å². The van der Waals surface area contributed by atoms with Crippen LogP contribution in [0.2, 0.25) is 0 Å². The molecule has 0 bridgehead atoms. The monoisotopic (exact) mass is 338 g/mol. The van der Waals surface area contributed by atoms with E-state index in [1.807, 2.05) is 0 Å². The summed E-state index contributed by atoms with van der Waals surface area (Å²) in [6, 6.07) is 15.4. The molecule has 0 saturated carbocycles. The number of hydrogen-bond donors (Lipinski definition) is 0. The van der Waals surface area contributed by atoms with Gasteiger partial charge >= 0.3 is 0 Å². The summed E-state index contributed by atoms with van der Waals surface area (Å²) in [5, 5.41) is 0. The molecule has 2 rings (SSSR count). The molecule has 0 unspecified atom stereocenters. The number of aromatic nitrogens is 1. The molecule has 0 atom stereocenters. The predicted molar refractivity (Wildman–Crippen MR) is 108 cm³/mol. The first-order valence-corrected chi connectivity index (χ1v) is 10.4. The van der Waals surface area contributed by atoms with Gasteiger partial charge in [0, 0.05) is 17.7 Å². The van der Waals surface area contributed by atoms with Gasteiger partial charge in [-0.05, 0) is 18.4 Å². The molecule has 0 amide bonds. The summed E-state index contributed by atoms with van der Waals surface area (Å²) in [6.45, 7) is 3.25. The zero-order valence-corrected chi connectivity index (χ0v) is 16.1. The van der Waals surface area contributed by atoms with Crippen LogP contribution in [0, 0.1) is 0 Å². The Bertz CT molecular complexity index is 544. The lowest BCUT2D eigenvalue weighted by Gasteiger charge is -2.04. The first-order valence-electron chi connectivity index (χ1n) is 10.4. The summed E-state index contributed by atoms with van der Waals surface area (Å²) in [7, 11) is 0. The zero-order chi connectivity index (χ0) is 17.6. The number of hydrogen-bond acceptors (Lipinski definition) is 0. The minimum atomic E-state index is 0.958. The standard InChI is InChI=1S/C24H36N/c1-2-3-4-5-6-7-8-9-10-12-15-23-16-18-24(19-17-23)22-25-20-13-11-14-21-25/h11,13-14,16-21H,2-10,12,15,22H2,1H3/q+1. The van der Waals surface area contributed by atoms with E-state index >= 15 is 0 Å². The molecule has 1 heteroatoms. The van der Waals surface area contributed by atoms with Gasteiger partial charge in [-0.25, -0.2) is 4.57 Å². The third-order valence-corrected chi connectivity index (χ3v) is 4.98. The molecule has 2 aromatic rings. The van der Waals surface area contributed by atoms with Crippen LogP contribution in [0.5, 0.6) is 0 Å². The van der Waals surface area contributed by atoms with Gasteiger partial charge in [-0.1, -0.05) is 95.0 Å². The molecule has 0 aliphatic rings. The molecule has 1 aromatic heterocycles. The summed E-state index contributed by atoms with van der Waals surface area (Å²) in [4.78, 5) is 0. The molecule has 1 aromatic carbocycles. The molecule has 25 heavy (non-hydrogen) atoms. The number of benzene rings is 1. The Morgan fingerprint density at radius 3 is 1.72 bits per heavy atom. The van der Waals surface area contributed by atoms with Crippen LogP contribution in [-0.4, -0.2) is 0 Å². The van der Waals surface area contributed by atoms with Gasteiger partial charge in [0.05, 0.1) is 0 Å². The van der Waals surface area contributed by atoms with E-state index in [0.29, 0.717) is 0 Å². The van der Waals surface area contributed by atoms with Crippen molar-refractivity contribution in [3.05, 3.63) is 66.0 Å². The van der Waals surface area contributed by atoms with Crippen LogP contribution in [-0.2, 0) is 13.0 Å². The molecular weight excluding hydrogens is 302 g/mol. The fraction of sp³-hybridized carbons (Fsp3) is 0.542. The van der Waals surface area contributed by atoms with Crippen LogP contribution >= 0.6 is 0 Å². The van der Waals surface area contributed by atoms with E-state index in [0.717, 1.165) is 6.54 Å². The van der Waals surface area contributed by atoms with Crippen LogP contribution in [0.25, 0.3) is 0 Å². The fourth-order valence-corrected chi connectivity index (χ4v) is 3.38. The van der Waals surface area contributed by atoms with Crippen LogP contribution in [0.15, 0.2) is 54.9 Å². The highest BCUT2D eigenvalue weighted by Crippen LogP contribution is 2.13. The lowest BCUT2D eigenvalue weighted by molar-refractivity contribution is -0.688. The van der Waals surface area contributed by atoms with Crippen molar-refractivity contribution >= 4 is 0 Å². The second-order valence-corrected chi connectivity index (χ2v) is 7.30. The highest BCUT2D eigenvalue weighted by atomic mass is 14.9. The quantitative estimate of drug-likeness (QED) is 0.290. The average molecular weight is 339 g/mol. The summed E-state index contributed by atoms with van der Waals surface area (Å²) in [6.07, 6.45) is 19.6. The van der Waals surface area contributed by atoms with Crippen molar-refractivity contribution in [3.63, 3.8) is 0 Å². The highest BCUT2D eigenvalue weighted by Gasteiger charge is 2.01. The van der Waals surface area contributed by atoms with Gasteiger partial charge in [0.15, 0.2) is 18.9 Å². The molecule has 0 aliphatic heterocycles. The van der Waals surface area contributed by atoms with Gasteiger partial charge in [-0.2, -0.15) is 0 Å². The molecule has 0 saturated heterocycles. The Morgan fingerprint density at radius 2 is 1.12 bits per heavy atom. The van der Waals surface area contributed by atoms with Crippen LogP contribution in [0.4, 0.5) is 0 Å². The maximum Gasteiger partial charge on any atom is 0.173 e. The van der Waals surface area contributed by atoms with Crippen molar-refractivity contribution in [2.75, 3.05) is 0 Å². The maximum absolute atomic E-state index is 2.31. The third-order valence-electron chi connectivity index (χ3n) is 4.98. The summed E-state index contributed by atoms with van der Waals surface area (Å²) < 4.78 is 2.22. The molecular formula is C24H36N+. The summed E-state index contributed by atoms with van der Waals surface area (Å²) in [5.74, 6) is 0. The highest BCUT2D eigenvalue weighted by molar-refractivity contribution is 5.22. The Balaban J connectivity index is 1.53. The van der Waals surface area contributed by atoms with E-state index in [1.165, 1.54) is 81.8 Å². The number of nitrogens with zero attached hydrogens (tertiary/aromatic N) is 1. The summed E-state index contributed by atoms with van der Waals surface area (Å²) in [5.41, 5.74) is 2.87. The van der Waals surface area contributed by atoms with E-state index in [2.05, 4.69) is 66.3 Å². The van der Waals surface area contributed by atoms with Crippen LogP contribution in [0.3, 0.4) is 0 Å². The predicted octanol–water partition coefficient (Wildman–Crippen LogP) is 6.49. The SMILES string of the molecule is CCCCCCCCCCCCc1ccc(C[n+]2ccccc2)cc1. The number of rotatable bonds is 13. The van der Waals surface area contributed by atoms with Crippen molar-refractivity contribution in [2.24, 2.45) is 0 Å². The van der Waals surface area contributed by atoms with E-state index in [-0.39, 0.29) is 0 Å². The minimum Gasteiger partial charge on any atom is -0.201 e. The van der Waals surface area contributed by atoms with Crippen LogP contribution < -0.4 is 4.57 Å². The third kappa shape index (κ3) is 8.86. The van der Waals surface area contributed by atoms with Crippen molar-refractivity contribution in [1.82, 2.24) is 0 Å². The molecule has 1 heterocycles. The van der Waals surface area contributed by atoms with Crippen molar-refractivity contribution < 1.29 is 4.57 Å². The van der Waals surface area contributed by atoms with Gasteiger partial charge in [-0.15, -0.1) is 0 Å². The Morgan fingerprint density at radius 1 is 0.600 bits per heavy atom. The van der Waals surface area contributed by atoms with E-state index in [1.54, 1.807) is 0 Å². The lowest BCUT2D eigenvalue weighted by atomic mass is 10.0. The first-order chi connectivity index (χ1) is 12.4. The smallest absolute Gasteiger partial charge is 0.173 e. The molecule has 136 valence electrons. The Hall–Kier alpha value is -1.63. The first kappa shape index (κ1) is 19.7. The number of pyridine rings is 1. The van der Waals surface area contributed by atoms with Crippen molar-refractivity contribution in [1.29, 1.82) is 0 Å². The van der Waals surface area contributed by atoms with Gasteiger partial charge in [0.1, 0.15) is 0 Å². The van der Waals surface area contributed by atoms with Crippen molar-refractivity contribution in [3.8, 4) is 0 Å². The zero-order valence-electron chi connectivity index (χ0n) is 16.1. The maximum atomic E-state index is 2.31. The van der Waals surface area contributed by atoms with Gasteiger partial charge in [0.2, 0.25) is 0 Å². The molecule has 0 radical (unpaired) electrons. The fourth-order valence-electron chi connectivity index (χ4n) is 3.38. The second kappa shape index (κ2) is 12.7. The van der Waals surface area contributed by atoms with Gasteiger partial charge in [-0.3, -0.25) is 0 Å². The Kier molecular flexibility index (Phi) is 10.00. The lowest BCUT2D eigenvalue weighted by Crippen LogP contribution is -2.32. The average Bonchev–Trinajstić information content (AvgIpc) is 2.65. The van der Waals surface area contributed by atoms with Crippen molar-refractivity contribution in [2.45, 2.75) is 84.1 Å². The second-order valence-electron chi connectivity index (χ2n) is 7.30. The van der Waals surface area contributed by atoms with E-state index < -0.39 is 0 Å². The Labute approximate surface area is 155 Å². The number of unbranched alkanes of at least 4 members (excludes halogenated alkanes) is 9. The van der Waals surface area contributed by atoms with E-state index in [4.69, 9.17) is 0 Å². The molecule has 0 spiro atoms. The largest absolute Gasteiger partial charge is 0.201 e. The molecule has 0 fully saturated rings. The minimum absolute atomic E-state index is 0.958. The summed E-state index contributed by atoms with van der Waals surface area (Å²) >= 11 is 0. The van der Waals surface area contributed by atoms with Gasteiger partial charge < -0.3 is 0 Å².